The second kappa shape index (κ2) is 6.91. The van der Waals surface area contributed by atoms with Gasteiger partial charge in [0.05, 0.1) is 12.8 Å². The lowest BCUT2D eigenvalue weighted by Crippen LogP contribution is -2.06. The molecular formula is C23H20N2O2S. The first-order valence-corrected chi connectivity index (χ1v) is 10.4. The van der Waals surface area contributed by atoms with Crippen molar-refractivity contribution in [3.63, 3.8) is 0 Å². The number of hydrogen-bond donors (Lipinski definition) is 1. The molecule has 3 heterocycles. The zero-order valence-corrected chi connectivity index (χ0v) is 16.4. The lowest BCUT2D eigenvalue weighted by Gasteiger charge is -2.06. The van der Waals surface area contributed by atoms with Gasteiger partial charge in [0.1, 0.15) is 5.69 Å². The van der Waals surface area contributed by atoms with Gasteiger partial charge in [0, 0.05) is 34.0 Å². The van der Waals surface area contributed by atoms with Gasteiger partial charge in [-0.25, -0.2) is 9.78 Å². The Morgan fingerprint density at radius 1 is 1.25 bits per heavy atom. The molecule has 0 aliphatic heterocycles. The van der Waals surface area contributed by atoms with Crippen LogP contribution in [0.2, 0.25) is 0 Å². The zero-order chi connectivity index (χ0) is 19.1. The van der Waals surface area contributed by atoms with Crippen molar-refractivity contribution in [3.05, 3.63) is 75.7 Å². The third-order valence-corrected chi connectivity index (χ3v) is 6.03. The fourth-order valence-electron chi connectivity index (χ4n) is 3.76. The van der Waals surface area contributed by atoms with E-state index in [9.17, 15) is 4.79 Å². The summed E-state index contributed by atoms with van der Waals surface area (Å²) < 4.78 is 4.81. The average Bonchev–Trinajstić information content (AvgIpc) is 3.32. The van der Waals surface area contributed by atoms with Crippen LogP contribution < -0.4 is 0 Å². The van der Waals surface area contributed by atoms with Crippen LogP contribution in [-0.4, -0.2) is 23.0 Å². The molecule has 0 unspecified atom stereocenters. The van der Waals surface area contributed by atoms with E-state index in [-0.39, 0.29) is 0 Å². The second-order valence-corrected chi connectivity index (χ2v) is 8.03. The molecular weight excluding hydrogens is 368 g/mol. The number of fused-ring (bicyclic) bond motifs is 1. The highest BCUT2D eigenvalue weighted by Gasteiger charge is 2.24. The standard InChI is InChI=1S/C23H20N2O2S/c1-27-23(26)20-4-2-3-17(24-20)12-19-18-8-7-15(14-5-6-14)11-21(18)25-22(19)16-9-10-28-13-16/h2-4,7-11,13-14,25H,5-6,12H2,1H3. The lowest BCUT2D eigenvalue weighted by atomic mass is 10.0. The molecule has 0 radical (unpaired) electrons. The molecule has 1 aliphatic carbocycles. The Balaban J connectivity index is 1.61. The van der Waals surface area contributed by atoms with E-state index in [0.29, 0.717) is 12.1 Å². The van der Waals surface area contributed by atoms with Crippen molar-refractivity contribution >= 4 is 28.2 Å². The number of benzene rings is 1. The SMILES string of the molecule is COC(=O)c1cccc(Cc2c(-c3ccsc3)[nH]c3cc(C4CC4)ccc23)n1. The zero-order valence-electron chi connectivity index (χ0n) is 15.6. The minimum atomic E-state index is -0.409. The first kappa shape index (κ1) is 17.2. The number of aromatic nitrogens is 2. The van der Waals surface area contributed by atoms with Gasteiger partial charge in [-0.05, 0) is 59.5 Å². The van der Waals surface area contributed by atoms with E-state index < -0.39 is 5.97 Å². The summed E-state index contributed by atoms with van der Waals surface area (Å²) in [4.78, 5) is 20.0. The number of nitrogens with zero attached hydrogens (tertiary/aromatic N) is 1. The third kappa shape index (κ3) is 3.12. The quantitative estimate of drug-likeness (QED) is 0.456. The number of methoxy groups -OCH3 is 1. The predicted octanol–water partition coefficient (Wildman–Crippen LogP) is 5.55. The summed E-state index contributed by atoms with van der Waals surface area (Å²) >= 11 is 1.69. The predicted molar refractivity (Wildman–Crippen MR) is 112 cm³/mol. The molecule has 1 fully saturated rings. The van der Waals surface area contributed by atoms with Gasteiger partial charge in [0.15, 0.2) is 0 Å². The van der Waals surface area contributed by atoms with Crippen LogP contribution in [0.1, 0.15) is 46.1 Å². The highest BCUT2D eigenvalue weighted by molar-refractivity contribution is 7.08. The Labute approximate surface area is 167 Å². The van der Waals surface area contributed by atoms with Crippen molar-refractivity contribution in [2.24, 2.45) is 0 Å². The third-order valence-electron chi connectivity index (χ3n) is 5.35. The van der Waals surface area contributed by atoms with Gasteiger partial charge < -0.3 is 9.72 Å². The number of hydrogen-bond acceptors (Lipinski definition) is 4. The molecule has 1 aliphatic rings. The molecule has 0 spiro atoms. The first-order valence-electron chi connectivity index (χ1n) is 9.44. The molecule has 28 heavy (non-hydrogen) atoms. The second-order valence-electron chi connectivity index (χ2n) is 7.25. The summed E-state index contributed by atoms with van der Waals surface area (Å²) in [6.45, 7) is 0. The molecule has 0 atom stereocenters. The Bertz CT molecular complexity index is 1160. The molecule has 1 N–H and O–H groups in total. The molecule has 4 aromatic rings. The molecule has 5 heteroatoms. The van der Waals surface area contributed by atoms with E-state index in [2.05, 4.69) is 45.0 Å². The molecule has 1 aromatic carbocycles. The Morgan fingerprint density at radius 3 is 2.89 bits per heavy atom. The summed E-state index contributed by atoms with van der Waals surface area (Å²) in [6, 6.07) is 14.4. The van der Waals surface area contributed by atoms with E-state index in [1.807, 2.05) is 12.1 Å². The number of H-pyrrole nitrogens is 1. The Morgan fingerprint density at radius 2 is 2.14 bits per heavy atom. The average molecular weight is 388 g/mol. The molecule has 5 rings (SSSR count). The topological polar surface area (TPSA) is 55.0 Å². The van der Waals surface area contributed by atoms with Crippen LogP contribution in [0.4, 0.5) is 0 Å². The van der Waals surface area contributed by atoms with E-state index in [1.165, 1.54) is 47.5 Å². The summed E-state index contributed by atoms with van der Waals surface area (Å²) in [7, 11) is 1.38. The Hall–Kier alpha value is -2.92. The highest BCUT2D eigenvalue weighted by atomic mass is 32.1. The van der Waals surface area contributed by atoms with Crippen LogP contribution in [0.5, 0.6) is 0 Å². The van der Waals surface area contributed by atoms with E-state index in [0.717, 1.165) is 17.3 Å². The van der Waals surface area contributed by atoms with Crippen molar-refractivity contribution < 1.29 is 9.53 Å². The monoisotopic (exact) mass is 388 g/mol. The van der Waals surface area contributed by atoms with Gasteiger partial charge in [-0.3, -0.25) is 0 Å². The molecule has 0 bridgehead atoms. The summed E-state index contributed by atoms with van der Waals surface area (Å²) in [5.74, 6) is 0.312. The fourth-order valence-corrected chi connectivity index (χ4v) is 4.40. The Kier molecular flexibility index (Phi) is 4.24. The molecule has 0 amide bonds. The number of nitrogens with one attached hydrogen (secondary N) is 1. The molecule has 1 saturated carbocycles. The maximum atomic E-state index is 11.9. The van der Waals surface area contributed by atoms with Gasteiger partial charge >= 0.3 is 5.97 Å². The number of carbonyl (C=O) groups is 1. The maximum Gasteiger partial charge on any atom is 0.356 e. The number of aromatic amines is 1. The van der Waals surface area contributed by atoms with Crippen molar-refractivity contribution in [1.82, 2.24) is 9.97 Å². The number of pyridine rings is 1. The van der Waals surface area contributed by atoms with Crippen LogP contribution in [0, 0.1) is 0 Å². The van der Waals surface area contributed by atoms with Crippen molar-refractivity contribution in [2.45, 2.75) is 25.2 Å². The van der Waals surface area contributed by atoms with E-state index in [4.69, 9.17) is 4.74 Å². The normalized spacial score (nSPS) is 13.8. The number of esters is 1. The minimum absolute atomic E-state index is 0.341. The van der Waals surface area contributed by atoms with Gasteiger partial charge in [0.25, 0.3) is 0 Å². The maximum absolute atomic E-state index is 11.9. The van der Waals surface area contributed by atoms with Crippen molar-refractivity contribution in [3.8, 4) is 11.3 Å². The van der Waals surface area contributed by atoms with Crippen LogP contribution in [-0.2, 0) is 11.2 Å². The smallest absolute Gasteiger partial charge is 0.356 e. The summed E-state index contributed by atoms with van der Waals surface area (Å²) in [5, 5.41) is 5.47. The molecule has 4 nitrogen and oxygen atoms in total. The van der Waals surface area contributed by atoms with Gasteiger partial charge in [-0.15, -0.1) is 0 Å². The van der Waals surface area contributed by atoms with Crippen LogP contribution >= 0.6 is 11.3 Å². The van der Waals surface area contributed by atoms with Crippen molar-refractivity contribution in [1.29, 1.82) is 0 Å². The largest absolute Gasteiger partial charge is 0.464 e. The van der Waals surface area contributed by atoms with Crippen LogP contribution in [0.25, 0.3) is 22.2 Å². The molecule has 0 saturated heterocycles. The molecule has 140 valence electrons. The van der Waals surface area contributed by atoms with Gasteiger partial charge in [-0.2, -0.15) is 11.3 Å². The lowest BCUT2D eigenvalue weighted by molar-refractivity contribution is 0.0593. The minimum Gasteiger partial charge on any atom is -0.464 e. The van der Waals surface area contributed by atoms with E-state index in [1.54, 1.807) is 17.4 Å². The summed E-state index contributed by atoms with van der Waals surface area (Å²) in [6.07, 6.45) is 3.24. The highest BCUT2D eigenvalue weighted by Crippen LogP contribution is 2.42. The number of thiophene rings is 1. The molecule has 3 aromatic heterocycles. The number of rotatable bonds is 5. The van der Waals surface area contributed by atoms with E-state index >= 15 is 0 Å². The number of carbonyl (C=O) groups excluding carboxylic acids is 1. The first-order chi connectivity index (χ1) is 13.7. The van der Waals surface area contributed by atoms with Crippen LogP contribution in [0.15, 0.2) is 53.2 Å². The van der Waals surface area contributed by atoms with Crippen LogP contribution in [0.3, 0.4) is 0 Å². The van der Waals surface area contributed by atoms with Gasteiger partial charge in [0.2, 0.25) is 0 Å². The summed E-state index contributed by atoms with van der Waals surface area (Å²) in [5.41, 5.74) is 7.32. The number of ether oxygens (including phenoxy) is 1. The van der Waals surface area contributed by atoms with Gasteiger partial charge in [-0.1, -0.05) is 18.2 Å². The van der Waals surface area contributed by atoms with Crippen molar-refractivity contribution in [2.75, 3.05) is 7.11 Å². The fraction of sp³-hybridized carbons (Fsp3) is 0.217.